The Bertz CT molecular complexity index is 423. The second-order valence-corrected chi connectivity index (χ2v) is 3.52. The number of aliphatic imine (C=N–C) groups is 1. The topological polar surface area (TPSA) is 58.5 Å². The van der Waals surface area contributed by atoms with E-state index in [1.165, 1.54) is 6.08 Å². The van der Waals surface area contributed by atoms with Crippen molar-refractivity contribution in [2.45, 2.75) is 20.3 Å². The Hall–Kier alpha value is -1.93. The van der Waals surface area contributed by atoms with Crippen LogP contribution >= 0.6 is 0 Å². The summed E-state index contributed by atoms with van der Waals surface area (Å²) in [5.74, 6) is -0.135. The smallest absolute Gasteiger partial charge is 0.240 e. The van der Waals surface area contributed by atoms with Crippen molar-refractivity contribution >= 4 is 23.4 Å². The van der Waals surface area contributed by atoms with Gasteiger partial charge in [-0.15, -0.1) is 0 Å². The number of para-hydroxylation sites is 2. The first-order chi connectivity index (χ1) is 7.69. The Balaban J connectivity index is 2.88. The molecule has 0 spiro atoms. The van der Waals surface area contributed by atoms with Crippen molar-refractivity contribution in [2.24, 2.45) is 10.9 Å². The number of hydrogen-bond acceptors (Lipinski definition) is 3. The predicted molar refractivity (Wildman–Crippen MR) is 62.3 cm³/mol. The summed E-state index contributed by atoms with van der Waals surface area (Å²) in [4.78, 5) is 25.4. The molecule has 0 aliphatic heterocycles. The fourth-order valence-corrected chi connectivity index (χ4v) is 1.17. The number of carbonyl (C=O) groups is 1. The third kappa shape index (κ3) is 3.04. The van der Waals surface area contributed by atoms with Gasteiger partial charge in [0.1, 0.15) is 0 Å². The summed E-state index contributed by atoms with van der Waals surface area (Å²) in [5, 5.41) is 2.73. The lowest BCUT2D eigenvalue weighted by Gasteiger charge is -2.10. The van der Waals surface area contributed by atoms with Crippen LogP contribution in [0.2, 0.25) is 0 Å². The van der Waals surface area contributed by atoms with Gasteiger partial charge in [-0.1, -0.05) is 26.0 Å². The molecular formula is C12H14N2O2. The highest BCUT2D eigenvalue weighted by Gasteiger charge is 2.11. The maximum absolute atomic E-state index is 11.6. The molecule has 16 heavy (non-hydrogen) atoms. The number of benzene rings is 1. The molecule has 0 radical (unpaired) electrons. The second kappa shape index (κ2) is 5.83. The summed E-state index contributed by atoms with van der Waals surface area (Å²) < 4.78 is 0. The van der Waals surface area contributed by atoms with Gasteiger partial charge in [-0.3, -0.25) is 4.79 Å². The molecule has 1 N–H and O–H groups in total. The van der Waals surface area contributed by atoms with Crippen LogP contribution in [0.4, 0.5) is 11.4 Å². The maximum Gasteiger partial charge on any atom is 0.240 e. The van der Waals surface area contributed by atoms with Crippen molar-refractivity contribution in [3.63, 3.8) is 0 Å². The minimum absolute atomic E-state index is 0.0618. The van der Waals surface area contributed by atoms with E-state index in [0.717, 1.165) is 6.42 Å². The molecule has 0 saturated heterocycles. The van der Waals surface area contributed by atoms with Crippen LogP contribution in [0.3, 0.4) is 0 Å². The molecule has 1 rings (SSSR count). The molecular weight excluding hydrogens is 204 g/mol. The first-order valence-corrected chi connectivity index (χ1v) is 5.16. The zero-order chi connectivity index (χ0) is 12.0. The Morgan fingerprint density at radius 2 is 2.19 bits per heavy atom. The highest BCUT2D eigenvalue weighted by atomic mass is 16.1. The summed E-state index contributed by atoms with van der Waals surface area (Å²) in [5.41, 5.74) is 0.963. The molecule has 0 saturated carbocycles. The number of isocyanates is 1. The largest absolute Gasteiger partial charge is 0.324 e. The van der Waals surface area contributed by atoms with E-state index < -0.39 is 0 Å². The predicted octanol–water partition coefficient (Wildman–Crippen LogP) is 2.64. The van der Waals surface area contributed by atoms with E-state index in [1.807, 2.05) is 13.8 Å². The van der Waals surface area contributed by atoms with Crippen LogP contribution in [0.1, 0.15) is 20.3 Å². The summed E-state index contributed by atoms with van der Waals surface area (Å²) in [6, 6.07) is 6.87. The molecule has 0 aliphatic carbocycles. The Labute approximate surface area is 94.4 Å². The third-order valence-electron chi connectivity index (χ3n) is 2.39. The van der Waals surface area contributed by atoms with E-state index in [1.54, 1.807) is 24.3 Å². The first-order valence-electron chi connectivity index (χ1n) is 5.16. The number of amides is 1. The van der Waals surface area contributed by atoms with E-state index >= 15 is 0 Å². The number of nitrogens with one attached hydrogen (secondary N) is 1. The molecule has 1 amide bonds. The standard InChI is InChI=1S/C12H14N2O2/c1-3-9(2)12(16)14-11-7-5-4-6-10(11)13-8-15/h4-7,9H,3H2,1-2H3,(H,14,16). The Kier molecular flexibility index (Phi) is 4.42. The number of hydrogen-bond donors (Lipinski definition) is 1. The molecule has 0 heterocycles. The summed E-state index contributed by atoms with van der Waals surface area (Å²) in [6.45, 7) is 3.79. The highest BCUT2D eigenvalue weighted by molar-refractivity contribution is 5.95. The van der Waals surface area contributed by atoms with Gasteiger partial charge in [-0.05, 0) is 18.6 Å². The van der Waals surface area contributed by atoms with Gasteiger partial charge < -0.3 is 5.32 Å². The summed E-state index contributed by atoms with van der Waals surface area (Å²) in [6.07, 6.45) is 2.23. The van der Waals surface area contributed by atoms with Crippen molar-refractivity contribution in [1.29, 1.82) is 0 Å². The van der Waals surface area contributed by atoms with Crippen molar-refractivity contribution in [3.05, 3.63) is 24.3 Å². The second-order valence-electron chi connectivity index (χ2n) is 3.52. The van der Waals surface area contributed by atoms with Crippen LogP contribution < -0.4 is 5.32 Å². The number of rotatable bonds is 4. The van der Waals surface area contributed by atoms with Gasteiger partial charge in [-0.25, -0.2) is 4.79 Å². The fraction of sp³-hybridized carbons (Fsp3) is 0.333. The van der Waals surface area contributed by atoms with Crippen LogP contribution in [0.25, 0.3) is 0 Å². The molecule has 0 bridgehead atoms. The minimum atomic E-state index is -0.0731. The molecule has 4 nitrogen and oxygen atoms in total. The maximum atomic E-state index is 11.6. The molecule has 0 aliphatic rings. The Morgan fingerprint density at radius 3 is 2.81 bits per heavy atom. The molecule has 4 heteroatoms. The average molecular weight is 218 g/mol. The molecule has 1 aromatic carbocycles. The van der Waals surface area contributed by atoms with Gasteiger partial charge in [0.05, 0.1) is 11.4 Å². The molecule has 1 aromatic rings. The first kappa shape index (κ1) is 12.1. The minimum Gasteiger partial charge on any atom is -0.324 e. The fourth-order valence-electron chi connectivity index (χ4n) is 1.17. The molecule has 84 valence electrons. The van der Waals surface area contributed by atoms with Crippen molar-refractivity contribution in [3.8, 4) is 0 Å². The average Bonchev–Trinajstić information content (AvgIpc) is 2.31. The van der Waals surface area contributed by atoms with Crippen LogP contribution in [0.15, 0.2) is 29.3 Å². The van der Waals surface area contributed by atoms with Crippen molar-refractivity contribution in [2.75, 3.05) is 5.32 Å². The van der Waals surface area contributed by atoms with E-state index in [-0.39, 0.29) is 11.8 Å². The lowest BCUT2D eigenvalue weighted by molar-refractivity contribution is -0.119. The normalized spacial score (nSPS) is 11.4. The monoisotopic (exact) mass is 218 g/mol. The van der Waals surface area contributed by atoms with E-state index in [2.05, 4.69) is 10.3 Å². The zero-order valence-corrected chi connectivity index (χ0v) is 9.36. The van der Waals surface area contributed by atoms with Gasteiger partial charge in [0.25, 0.3) is 0 Å². The lowest BCUT2D eigenvalue weighted by atomic mass is 10.1. The zero-order valence-electron chi connectivity index (χ0n) is 9.36. The third-order valence-corrected chi connectivity index (χ3v) is 2.39. The molecule has 1 unspecified atom stereocenters. The summed E-state index contributed by atoms with van der Waals surface area (Å²) >= 11 is 0. The van der Waals surface area contributed by atoms with Crippen LogP contribution in [-0.2, 0) is 9.59 Å². The van der Waals surface area contributed by atoms with Crippen molar-refractivity contribution in [1.82, 2.24) is 0 Å². The lowest BCUT2D eigenvalue weighted by Crippen LogP contribution is -2.19. The van der Waals surface area contributed by atoms with E-state index in [4.69, 9.17) is 0 Å². The van der Waals surface area contributed by atoms with E-state index in [9.17, 15) is 9.59 Å². The SMILES string of the molecule is CCC(C)C(=O)Nc1ccccc1N=C=O. The van der Waals surface area contributed by atoms with Crippen LogP contribution in [0, 0.1) is 5.92 Å². The van der Waals surface area contributed by atoms with Crippen LogP contribution in [-0.4, -0.2) is 12.0 Å². The van der Waals surface area contributed by atoms with Gasteiger partial charge in [0, 0.05) is 5.92 Å². The van der Waals surface area contributed by atoms with E-state index in [0.29, 0.717) is 11.4 Å². The summed E-state index contributed by atoms with van der Waals surface area (Å²) in [7, 11) is 0. The quantitative estimate of drug-likeness (QED) is 0.623. The highest BCUT2D eigenvalue weighted by Crippen LogP contribution is 2.24. The number of nitrogens with zero attached hydrogens (tertiary/aromatic N) is 1. The molecule has 0 aromatic heterocycles. The molecule has 1 atom stereocenters. The van der Waals surface area contributed by atoms with Gasteiger partial charge in [0.15, 0.2) is 0 Å². The van der Waals surface area contributed by atoms with Gasteiger partial charge >= 0.3 is 0 Å². The number of anilines is 1. The van der Waals surface area contributed by atoms with Crippen molar-refractivity contribution < 1.29 is 9.59 Å². The van der Waals surface area contributed by atoms with Crippen LogP contribution in [0.5, 0.6) is 0 Å². The van der Waals surface area contributed by atoms with Gasteiger partial charge in [-0.2, -0.15) is 4.99 Å². The Morgan fingerprint density at radius 1 is 1.50 bits per heavy atom. The molecule has 0 fully saturated rings. The van der Waals surface area contributed by atoms with Gasteiger partial charge in [0.2, 0.25) is 12.0 Å². The number of carbonyl (C=O) groups excluding carboxylic acids is 2.